The summed E-state index contributed by atoms with van der Waals surface area (Å²) in [5.74, 6) is -1.51. The first-order valence-corrected chi connectivity index (χ1v) is 8.77. The van der Waals surface area contributed by atoms with Crippen molar-refractivity contribution < 1.29 is 18.7 Å². The molecule has 1 N–H and O–H groups in total. The van der Waals surface area contributed by atoms with E-state index in [4.69, 9.17) is 16.3 Å². The largest absolute Gasteiger partial charge is 0.449 e. The zero-order valence-corrected chi connectivity index (χ0v) is 15.6. The third kappa shape index (κ3) is 4.82. The smallest absolute Gasteiger partial charge is 0.340 e. The van der Waals surface area contributed by atoms with Crippen LogP contribution in [0.25, 0.3) is 0 Å². The first-order chi connectivity index (χ1) is 12.3. The molecule has 1 amide bonds. The molecule has 2 aromatic rings. The summed E-state index contributed by atoms with van der Waals surface area (Å²) in [4.78, 5) is 24.6. The first kappa shape index (κ1) is 19.9. The molecule has 0 heterocycles. The van der Waals surface area contributed by atoms with Crippen LogP contribution in [-0.2, 0) is 9.53 Å². The lowest BCUT2D eigenvalue weighted by molar-refractivity contribution is -0.123. The molecule has 26 heavy (non-hydrogen) atoms. The van der Waals surface area contributed by atoms with Gasteiger partial charge in [0.2, 0.25) is 0 Å². The maximum Gasteiger partial charge on any atom is 0.340 e. The number of ether oxygens (including phenoxy) is 1. The Labute approximate surface area is 157 Å². The van der Waals surface area contributed by atoms with Crippen LogP contribution in [0.1, 0.15) is 49.0 Å². The molecule has 0 radical (unpaired) electrons. The van der Waals surface area contributed by atoms with Gasteiger partial charge in [-0.05, 0) is 49.1 Å². The molecule has 138 valence electrons. The second-order valence-corrected chi connectivity index (χ2v) is 6.46. The van der Waals surface area contributed by atoms with Crippen molar-refractivity contribution in [1.29, 1.82) is 0 Å². The van der Waals surface area contributed by atoms with Gasteiger partial charge in [-0.1, -0.05) is 43.6 Å². The van der Waals surface area contributed by atoms with Gasteiger partial charge in [-0.15, -0.1) is 0 Å². The zero-order chi connectivity index (χ0) is 19.3. The number of halogens is 2. The SMILES string of the molecule is CC[C@@H](C)c1ccccc1NC(=O)[C@@H](C)OC(=O)c1ccc(F)cc1Cl. The van der Waals surface area contributed by atoms with Crippen molar-refractivity contribution in [2.75, 3.05) is 5.32 Å². The van der Waals surface area contributed by atoms with Crippen LogP contribution in [0.3, 0.4) is 0 Å². The lowest BCUT2D eigenvalue weighted by Crippen LogP contribution is -2.30. The second-order valence-electron chi connectivity index (χ2n) is 6.06. The van der Waals surface area contributed by atoms with E-state index >= 15 is 0 Å². The monoisotopic (exact) mass is 377 g/mol. The molecular formula is C20H21ClFNO3. The lowest BCUT2D eigenvalue weighted by Gasteiger charge is -2.18. The minimum atomic E-state index is -1.03. The fourth-order valence-corrected chi connectivity index (χ4v) is 2.67. The molecule has 0 aliphatic carbocycles. The Morgan fingerprint density at radius 2 is 1.88 bits per heavy atom. The molecule has 0 fully saturated rings. The van der Waals surface area contributed by atoms with Crippen LogP contribution in [0, 0.1) is 5.82 Å². The first-order valence-electron chi connectivity index (χ1n) is 8.39. The number of rotatable bonds is 6. The zero-order valence-electron chi connectivity index (χ0n) is 14.9. The van der Waals surface area contributed by atoms with E-state index in [2.05, 4.69) is 19.2 Å². The van der Waals surface area contributed by atoms with E-state index in [0.717, 1.165) is 24.1 Å². The fourth-order valence-electron chi connectivity index (χ4n) is 2.43. The highest BCUT2D eigenvalue weighted by Gasteiger charge is 2.22. The fraction of sp³-hybridized carbons (Fsp3) is 0.300. The average molecular weight is 378 g/mol. The average Bonchev–Trinajstić information content (AvgIpc) is 2.61. The van der Waals surface area contributed by atoms with Crippen LogP contribution in [-0.4, -0.2) is 18.0 Å². The summed E-state index contributed by atoms with van der Waals surface area (Å²) in [6.07, 6.45) is -0.103. The van der Waals surface area contributed by atoms with Gasteiger partial charge in [-0.25, -0.2) is 9.18 Å². The summed E-state index contributed by atoms with van der Waals surface area (Å²) in [7, 11) is 0. The van der Waals surface area contributed by atoms with E-state index in [-0.39, 0.29) is 16.5 Å². The molecule has 0 spiro atoms. The van der Waals surface area contributed by atoms with Gasteiger partial charge in [0.15, 0.2) is 6.10 Å². The molecule has 0 aliphatic rings. The number of anilines is 1. The summed E-state index contributed by atoms with van der Waals surface area (Å²) in [5.41, 5.74) is 1.71. The molecule has 0 aromatic heterocycles. The molecule has 0 unspecified atom stereocenters. The minimum Gasteiger partial charge on any atom is -0.449 e. The molecule has 2 rings (SSSR count). The van der Waals surface area contributed by atoms with Crippen LogP contribution in [0.2, 0.25) is 5.02 Å². The standard InChI is InChI=1S/C20H21ClFNO3/c1-4-12(2)15-7-5-6-8-18(15)23-19(24)13(3)26-20(25)16-10-9-14(22)11-17(16)21/h5-13H,4H2,1-3H3,(H,23,24)/t12-,13-/m1/s1. The van der Waals surface area contributed by atoms with Crippen molar-refractivity contribution >= 4 is 29.2 Å². The molecular weight excluding hydrogens is 357 g/mol. The number of carbonyl (C=O) groups is 2. The number of hydrogen-bond donors (Lipinski definition) is 1. The Hall–Kier alpha value is -2.40. The van der Waals surface area contributed by atoms with Crippen LogP contribution in [0.15, 0.2) is 42.5 Å². The van der Waals surface area contributed by atoms with Gasteiger partial charge in [0.05, 0.1) is 10.6 Å². The highest BCUT2D eigenvalue weighted by molar-refractivity contribution is 6.33. The molecule has 2 atom stereocenters. The Morgan fingerprint density at radius 1 is 1.19 bits per heavy atom. The number of carbonyl (C=O) groups excluding carboxylic acids is 2. The maximum atomic E-state index is 13.1. The summed E-state index contributed by atoms with van der Waals surface area (Å²) < 4.78 is 18.2. The third-order valence-electron chi connectivity index (χ3n) is 4.17. The van der Waals surface area contributed by atoms with E-state index in [1.54, 1.807) is 0 Å². The van der Waals surface area contributed by atoms with Gasteiger partial charge in [-0.3, -0.25) is 4.79 Å². The van der Waals surface area contributed by atoms with Crippen molar-refractivity contribution in [3.8, 4) is 0 Å². The quantitative estimate of drug-likeness (QED) is 0.706. The van der Waals surface area contributed by atoms with Crippen LogP contribution >= 0.6 is 11.6 Å². The van der Waals surface area contributed by atoms with E-state index in [9.17, 15) is 14.0 Å². The van der Waals surface area contributed by atoms with Gasteiger partial charge in [0.1, 0.15) is 5.82 Å². The van der Waals surface area contributed by atoms with Crippen molar-refractivity contribution in [2.24, 2.45) is 0 Å². The van der Waals surface area contributed by atoms with Crippen molar-refractivity contribution in [2.45, 2.75) is 39.2 Å². The number of para-hydroxylation sites is 1. The van der Waals surface area contributed by atoms with Crippen LogP contribution < -0.4 is 5.32 Å². The van der Waals surface area contributed by atoms with Gasteiger partial charge in [0, 0.05) is 5.69 Å². The number of benzene rings is 2. The van der Waals surface area contributed by atoms with Gasteiger partial charge >= 0.3 is 5.97 Å². The molecule has 0 bridgehead atoms. The Balaban J connectivity index is 2.07. The summed E-state index contributed by atoms with van der Waals surface area (Å²) >= 11 is 5.85. The molecule has 0 aliphatic heterocycles. The third-order valence-corrected chi connectivity index (χ3v) is 4.48. The minimum absolute atomic E-state index is 0.00715. The highest BCUT2D eigenvalue weighted by atomic mass is 35.5. The Kier molecular flexibility index (Phi) is 6.75. The maximum absolute atomic E-state index is 13.1. The molecule has 0 saturated carbocycles. The summed E-state index contributed by atoms with van der Waals surface area (Å²) in [6.45, 7) is 5.61. The second kappa shape index (κ2) is 8.81. The van der Waals surface area contributed by atoms with E-state index in [0.29, 0.717) is 5.69 Å². The van der Waals surface area contributed by atoms with Crippen molar-refractivity contribution in [1.82, 2.24) is 0 Å². The van der Waals surface area contributed by atoms with Crippen molar-refractivity contribution in [3.05, 3.63) is 64.4 Å². The van der Waals surface area contributed by atoms with E-state index in [1.807, 2.05) is 24.3 Å². The van der Waals surface area contributed by atoms with Crippen LogP contribution in [0.5, 0.6) is 0 Å². The summed E-state index contributed by atoms with van der Waals surface area (Å²) in [6, 6.07) is 10.9. The normalized spacial score (nSPS) is 13.0. The number of amides is 1. The topological polar surface area (TPSA) is 55.4 Å². The highest BCUT2D eigenvalue weighted by Crippen LogP contribution is 2.26. The molecule has 0 saturated heterocycles. The van der Waals surface area contributed by atoms with Gasteiger partial charge < -0.3 is 10.1 Å². The van der Waals surface area contributed by atoms with Crippen molar-refractivity contribution in [3.63, 3.8) is 0 Å². The number of nitrogens with one attached hydrogen (secondary N) is 1. The number of esters is 1. The predicted octanol–water partition coefficient (Wildman–Crippen LogP) is 5.18. The molecule has 6 heteroatoms. The Morgan fingerprint density at radius 3 is 2.54 bits per heavy atom. The molecule has 4 nitrogen and oxygen atoms in total. The summed E-state index contributed by atoms with van der Waals surface area (Å²) in [5, 5.41) is 2.73. The number of hydrogen-bond acceptors (Lipinski definition) is 3. The Bertz CT molecular complexity index is 809. The predicted molar refractivity (Wildman–Crippen MR) is 100 cm³/mol. The molecule has 2 aromatic carbocycles. The van der Waals surface area contributed by atoms with Crippen LogP contribution in [0.4, 0.5) is 10.1 Å². The van der Waals surface area contributed by atoms with Gasteiger partial charge in [0.25, 0.3) is 5.91 Å². The lowest BCUT2D eigenvalue weighted by atomic mass is 9.97. The van der Waals surface area contributed by atoms with E-state index in [1.165, 1.54) is 13.0 Å². The van der Waals surface area contributed by atoms with E-state index < -0.39 is 23.8 Å². The van der Waals surface area contributed by atoms with Gasteiger partial charge in [-0.2, -0.15) is 0 Å².